The quantitative estimate of drug-likeness (QED) is 0.467. The van der Waals surface area contributed by atoms with Crippen LogP contribution in [0.25, 0.3) is 17.0 Å². The molecule has 0 radical (unpaired) electrons. The highest BCUT2D eigenvalue weighted by Crippen LogP contribution is 2.42. The van der Waals surface area contributed by atoms with Crippen LogP contribution in [0.3, 0.4) is 0 Å². The zero-order valence-corrected chi connectivity index (χ0v) is 17.4. The highest BCUT2D eigenvalue weighted by molar-refractivity contribution is 5.95. The van der Waals surface area contributed by atoms with Crippen LogP contribution in [0.5, 0.6) is 11.5 Å². The lowest BCUT2D eigenvalue weighted by molar-refractivity contribution is -0.116. The van der Waals surface area contributed by atoms with Crippen LogP contribution in [0.1, 0.15) is 29.2 Å². The van der Waals surface area contributed by atoms with Gasteiger partial charge in [0.2, 0.25) is 5.91 Å². The van der Waals surface area contributed by atoms with Crippen LogP contribution < -0.4 is 14.8 Å². The molecule has 160 valence electrons. The lowest BCUT2D eigenvalue weighted by atomic mass is 9.85. The SMILES string of the molecule is C#CCOc1ccc([C@@H]2CC(=O)Nc3c2c(C)nn3-c2ncnc3nc[nH]c23)cc1OC. The number of imidazole rings is 1. The number of methoxy groups -OCH3 is 1. The highest BCUT2D eigenvalue weighted by atomic mass is 16.5. The van der Waals surface area contributed by atoms with Gasteiger partial charge in [-0.3, -0.25) is 4.79 Å². The Morgan fingerprint density at radius 3 is 2.97 bits per heavy atom. The highest BCUT2D eigenvalue weighted by Gasteiger charge is 2.34. The van der Waals surface area contributed by atoms with E-state index in [-0.39, 0.29) is 24.9 Å². The summed E-state index contributed by atoms with van der Waals surface area (Å²) in [6, 6.07) is 5.58. The summed E-state index contributed by atoms with van der Waals surface area (Å²) in [5.41, 5.74) is 3.75. The number of carbonyl (C=O) groups excluding carboxylic acids is 1. The van der Waals surface area contributed by atoms with E-state index in [1.54, 1.807) is 24.2 Å². The van der Waals surface area contributed by atoms with E-state index in [2.05, 4.69) is 36.3 Å². The maximum atomic E-state index is 12.7. The predicted molar refractivity (Wildman–Crippen MR) is 116 cm³/mol. The van der Waals surface area contributed by atoms with Crippen molar-refractivity contribution in [2.45, 2.75) is 19.3 Å². The second-order valence-corrected chi connectivity index (χ2v) is 7.27. The second kappa shape index (κ2) is 7.70. The first-order chi connectivity index (χ1) is 15.6. The molecule has 1 aliphatic rings. The monoisotopic (exact) mass is 429 g/mol. The number of nitrogens with zero attached hydrogens (tertiary/aromatic N) is 5. The molecule has 4 heterocycles. The number of hydrogen-bond acceptors (Lipinski definition) is 7. The number of terminal acetylenes is 1. The van der Waals surface area contributed by atoms with E-state index in [0.29, 0.717) is 34.3 Å². The molecule has 1 aromatic carbocycles. The van der Waals surface area contributed by atoms with E-state index in [9.17, 15) is 4.79 Å². The minimum atomic E-state index is -0.220. The molecule has 0 saturated heterocycles. The summed E-state index contributed by atoms with van der Waals surface area (Å²) in [4.78, 5) is 28.4. The zero-order chi connectivity index (χ0) is 22.2. The Hall–Kier alpha value is -4.39. The maximum Gasteiger partial charge on any atom is 0.226 e. The van der Waals surface area contributed by atoms with Crippen molar-refractivity contribution in [3.05, 3.63) is 47.7 Å². The molecule has 0 bridgehead atoms. The molecule has 3 aromatic heterocycles. The molecule has 1 aliphatic heterocycles. The third-order valence-electron chi connectivity index (χ3n) is 5.41. The molecule has 10 heteroatoms. The van der Waals surface area contributed by atoms with Crippen LogP contribution in [-0.2, 0) is 4.79 Å². The van der Waals surface area contributed by atoms with Crippen molar-refractivity contribution < 1.29 is 14.3 Å². The zero-order valence-electron chi connectivity index (χ0n) is 17.4. The van der Waals surface area contributed by atoms with Crippen LogP contribution in [-0.4, -0.2) is 49.3 Å². The third kappa shape index (κ3) is 3.11. The molecule has 32 heavy (non-hydrogen) atoms. The summed E-state index contributed by atoms with van der Waals surface area (Å²) in [6.45, 7) is 2.05. The van der Waals surface area contributed by atoms with E-state index in [1.165, 1.54) is 6.33 Å². The number of amides is 1. The minimum absolute atomic E-state index is 0.120. The Bertz CT molecular complexity index is 1380. The number of carbonyl (C=O) groups is 1. The second-order valence-electron chi connectivity index (χ2n) is 7.27. The van der Waals surface area contributed by atoms with Gasteiger partial charge in [-0.05, 0) is 24.6 Å². The van der Waals surface area contributed by atoms with Gasteiger partial charge in [0.15, 0.2) is 23.0 Å². The van der Waals surface area contributed by atoms with Gasteiger partial charge in [-0.2, -0.15) is 9.78 Å². The maximum absolute atomic E-state index is 12.7. The molecule has 1 atom stereocenters. The van der Waals surface area contributed by atoms with E-state index in [4.69, 9.17) is 15.9 Å². The molecule has 4 aromatic rings. The summed E-state index contributed by atoms with van der Waals surface area (Å²) >= 11 is 0. The van der Waals surface area contributed by atoms with Gasteiger partial charge >= 0.3 is 0 Å². The predicted octanol–water partition coefficient (Wildman–Crippen LogP) is 2.34. The lowest BCUT2D eigenvalue weighted by Crippen LogP contribution is -2.25. The molecule has 1 amide bonds. The van der Waals surface area contributed by atoms with Crippen molar-refractivity contribution in [1.29, 1.82) is 0 Å². The number of H-pyrrole nitrogens is 1. The van der Waals surface area contributed by atoms with Gasteiger partial charge in [-0.25, -0.2) is 15.0 Å². The average Bonchev–Trinajstić information content (AvgIpc) is 3.41. The van der Waals surface area contributed by atoms with Gasteiger partial charge in [-0.15, -0.1) is 6.42 Å². The number of aryl methyl sites for hydroxylation is 1. The number of anilines is 1. The van der Waals surface area contributed by atoms with E-state index in [0.717, 1.165) is 16.8 Å². The normalized spacial score (nSPS) is 15.2. The van der Waals surface area contributed by atoms with E-state index >= 15 is 0 Å². The Morgan fingerprint density at radius 1 is 1.28 bits per heavy atom. The van der Waals surface area contributed by atoms with Crippen molar-refractivity contribution in [1.82, 2.24) is 29.7 Å². The topological polar surface area (TPSA) is 120 Å². The largest absolute Gasteiger partial charge is 0.493 e. The molecule has 0 saturated carbocycles. The Morgan fingerprint density at radius 2 is 2.16 bits per heavy atom. The number of nitrogens with one attached hydrogen (secondary N) is 2. The van der Waals surface area contributed by atoms with Crippen molar-refractivity contribution in [2.75, 3.05) is 19.0 Å². The first-order valence-electron chi connectivity index (χ1n) is 9.88. The number of aromatic nitrogens is 6. The molecule has 0 unspecified atom stereocenters. The standard InChI is InChI=1S/C22H19N7O3/c1-4-7-32-15-6-5-13(8-16(15)31-3)14-9-17(30)27-21-18(14)12(2)28-29(21)22-19-20(24-10-23-19)25-11-26-22/h1,5-6,8,10-11,14H,7,9H2,2-3H3,(H,27,30)(H,23,24,25,26)/t14-/m0/s1. The smallest absolute Gasteiger partial charge is 0.226 e. The van der Waals surface area contributed by atoms with Crippen LogP contribution in [0.2, 0.25) is 0 Å². The summed E-state index contributed by atoms with van der Waals surface area (Å²) in [6.07, 6.45) is 8.53. The fraction of sp³-hybridized carbons (Fsp3) is 0.227. The molecule has 2 N–H and O–H groups in total. The van der Waals surface area contributed by atoms with Crippen molar-refractivity contribution >= 4 is 22.9 Å². The number of ether oxygens (including phenoxy) is 2. The van der Waals surface area contributed by atoms with Gasteiger partial charge in [0.05, 0.1) is 19.1 Å². The first kappa shape index (κ1) is 19.6. The van der Waals surface area contributed by atoms with Crippen molar-refractivity contribution in [2.24, 2.45) is 0 Å². The molecule has 10 nitrogen and oxygen atoms in total. The van der Waals surface area contributed by atoms with Crippen LogP contribution in [0.15, 0.2) is 30.9 Å². The van der Waals surface area contributed by atoms with Gasteiger partial charge in [0.1, 0.15) is 24.3 Å². The van der Waals surface area contributed by atoms with E-state index < -0.39 is 0 Å². The molecular formula is C22H19N7O3. The third-order valence-corrected chi connectivity index (χ3v) is 5.41. The Balaban J connectivity index is 1.63. The first-order valence-corrected chi connectivity index (χ1v) is 9.88. The van der Waals surface area contributed by atoms with Gasteiger partial charge in [0, 0.05) is 17.9 Å². The minimum Gasteiger partial charge on any atom is -0.493 e. The molecule has 0 spiro atoms. The molecule has 0 fully saturated rings. The number of rotatable bonds is 5. The summed E-state index contributed by atoms with van der Waals surface area (Å²) in [5, 5.41) is 7.65. The van der Waals surface area contributed by atoms with Crippen LogP contribution >= 0.6 is 0 Å². The summed E-state index contributed by atoms with van der Waals surface area (Å²) in [7, 11) is 1.56. The Kier molecular flexibility index (Phi) is 4.71. The summed E-state index contributed by atoms with van der Waals surface area (Å²) in [5.74, 6) is 4.28. The van der Waals surface area contributed by atoms with Gasteiger partial charge in [0.25, 0.3) is 0 Å². The Labute approximate surface area is 183 Å². The van der Waals surface area contributed by atoms with Crippen LogP contribution in [0.4, 0.5) is 5.82 Å². The molecule has 5 rings (SSSR count). The average molecular weight is 429 g/mol. The van der Waals surface area contributed by atoms with E-state index in [1.807, 2.05) is 19.1 Å². The van der Waals surface area contributed by atoms with Crippen LogP contribution in [0, 0.1) is 19.3 Å². The van der Waals surface area contributed by atoms with Crippen molar-refractivity contribution in [3.8, 4) is 29.7 Å². The summed E-state index contributed by atoms with van der Waals surface area (Å²) < 4.78 is 12.7. The number of fused-ring (bicyclic) bond motifs is 2. The van der Waals surface area contributed by atoms with Gasteiger partial charge < -0.3 is 19.8 Å². The van der Waals surface area contributed by atoms with Gasteiger partial charge in [-0.1, -0.05) is 12.0 Å². The fourth-order valence-corrected chi connectivity index (χ4v) is 4.04. The number of aromatic amines is 1. The fourth-order valence-electron chi connectivity index (χ4n) is 4.04. The number of benzene rings is 1. The van der Waals surface area contributed by atoms with Crippen molar-refractivity contribution in [3.63, 3.8) is 0 Å². The molecule has 0 aliphatic carbocycles. The number of hydrogen-bond donors (Lipinski definition) is 2. The molecular weight excluding hydrogens is 410 g/mol. The lowest BCUT2D eigenvalue weighted by Gasteiger charge is -2.25.